The molecule has 0 atom stereocenters. The average molecular weight is 471 g/mol. The van der Waals surface area contributed by atoms with E-state index in [2.05, 4.69) is 5.32 Å². The number of nitrogens with one attached hydrogen (secondary N) is 1. The fourth-order valence-corrected chi connectivity index (χ4v) is 3.88. The molecular formula is C25H18ClF3N2O2. The fraction of sp³-hybridized carbons (Fsp3) is 0.120. The van der Waals surface area contributed by atoms with Gasteiger partial charge in [0.1, 0.15) is 5.69 Å². The van der Waals surface area contributed by atoms with Crippen LogP contribution in [0.3, 0.4) is 0 Å². The van der Waals surface area contributed by atoms with Crippen LogP contribution >= 0.6 is 11.6 Å². The first-order valence-electron chi connectivity index (χ1n) is 10.0. The van der Waals surface area contributed by atoms with Crippen molar-refractivity contribution in [3.63, 3.8) is 0 Å². The number of anilines is 1. The number of aromatic nitrogens is 1. The Morgan fingerprint density at radius 2 is 1.64 bits per heavy atom. The highest BCUT2D eigenvalue weighted by atomic mass is 35.5. The minimum atomic E-state index is -4.88. The number of rotatable bonds is 5. The predicted octanol–water partition coefficient (Wildman–Crippen LogP) is 6.49. The Kier molecular flexibility index (Phi) is 5.99. The van der Waals surface area contributed by atoms with Gasteiger partial charge in [0.2, 0.25) is 0 Å². The Morgan fingerprint density at radius 1 is 0.970 bits per heavy atom. The molecule has 0 radical (unpaired) electrons. The summed E-state index contributed by atoms with van der Waals surface area (Å²) in [4.78, 5) is 25.8. The highest BCUT2D eigenvalue weighted by molar-refractivity contribution is 6.48. The first-order valence-corrected chi connectivity index (χ1v) is 10.4. The molecule has 8 heteroatoms. The van der Waals surface area contributed by atoms with Gasteiger partial charge in [-0.25, -0.2) is 0 Å². The van der Waals surface area contributed by atoms with Gasteiger partial charge < -0.3 is 9.88 Å². The summed E-state index contributed by atoms with van der Waals surface area (Å²) in [5.74, 6) is -2.39. The highest BCUT2D eigenvalue weighted by Crippen LogP contribution is 2.39. The number of aryl methyl sites for hydroxylation is 1. The number of nitrogens with zero attached hydrogens (tertiary/aromatic N) is 1. The second-order valence-electron chi connectivity index (χ2n) is 7.60. The first-order chi connectivity index (χ1) is 15.6. The molecular weight excluding hydrogens is 453 g/mol. The zero-order valence-corrected chi connectivity index (χ0v) is 18.2. The molecule has 0 saturated heterocycles. The van der Waals surface area contributed by atoms with Gasteiger partial charge in [-0.3, -0.25) is 9.59 Å². The number of ketones is 1. The Balaban J connectivity index is 1.89. The van der Waals surface area contributed by atoms with Crippen molar-refractivity contribution in [2.45, 2.75) is 19.6 Å². The lowest BCUT2D eigenvalue weighted by molar-refractivity contribution is -0.143. The molecule has 0 unspecified atom stereocenters. The van der Waals surface area contributed by atoms with Gasteiger partial charge in [0, 0.05) is 28.2 Å². The lowest BCUT2D eigenvalue weighted by atomic mass is 10.0. The molecule has 0 aliphatic heterocycles. The first kappa shape index (κ1) is 22.6. The van der Waals surface area contributed by atoms with Crippen LogP contribution in [0.2, 0.25) is 5.02 Å². The van der Waals surface area contributed by atoms with Crippen molar-refractivity contribution >= 4 is 39.9 Å². The molecule has 0 aliphatic carbocycles. The summed E-state index contributed by atoms with van der Waals surface area (Å²) in [6.45, 7) is 1.56. The van der Waals surface area contributed by atoms with Gasteiger partial charge in [0.05, 0.1) is 5.56 Å². The molecule has 1 aromatic heterocycles. The Morgan fingerprint density at radius 3 is 2.27 bits per heavy atom. The number of benzene rings is 3. The second kappa shape index (κ2) is 8.75. The zero-order valence-electron chi connectivity index (χ0n) is 17.4. The number of fused-ring (bicyclic) bond motifs is 1. The van der Waals surface area contributed by atoms with Crippen molar-refractivity contribution in [2.75, 3.05) is 5.32 Å². The summed E-state index contributed by atoms with van der Waals surface area (Å²) in [5.41, 5.74) is -0.0772. The van der Waals surface area contributed by atoms with E-state index in [1.54, 1.807) is 67.6 Å². The molecule has 4 aromatic rings. The van der Waals surface area contributed by atoms with Crippen LogP contribution in [-0.4, -0.2) is 16.3 Å². The Hall–Kier alpha value is -3.58. The van der Waals surface area contributed by atoms with E-state index in [0.29, 0.717) is 21.8 Å². The standard InChI is InChI=1S/C25H18ClF3N2O2/c1-15-7-12-20-19(13-15)21(22(32)24(33)30-18-5-3-2-4-6-18)23(25(27,28)29)31(20)14-16-8-10-17(26)11-9-16/h2-13H,14H2,1H3,(H,30,33). The second-order valence-corrected chi connectivity index (χ2v) is 8.04. The number of amides is 1. The maximum atomic E-state index is 14.3. The van der Waals surface area contributed by atoms with Gasteiger partial charge in [0.15, 0.2) is 0 Å². The third kappa shape index (κ3) is 4.64. The van der Waals surface area contributed by atoms with Crippen LogP contribution in [0.4, 0.5) is 18.9 Å². The number of para-hydroxylation sites is 1. The van der Waals surface area contributed by atoms with Gasteiger partial charge in [-0.2, -0.15) is 13.2 Å². The molecule has 4 rings (SSSR count). The summed E-state index contributed by atoms with van der Waals surface area (Å²) in [6, 6.07) is 19.2. The number of hydrogen-bond donors (Lipinski definition) is 1. The van der Waals surface area contributed by atoms with E-state index in [0.717, 1.165) is 4.57 Å². The lowest BCUT2D eigenvalue weighted by Crippen LogP contribution is -2.26. The summed E-state index contributed by atoms with van der Waals surface area (Å²) in [6.07, 6.45) is -4.88. The third-order valence-corrected chi connectivity index (χ3v) is 5.46. The minimum absolute atomic E-state index is 0.0736. The fourth-order valence-electron chi connectivity index (χ4n) is 3.75. The van der Waals surface area contributed by atoms with Crippen molar-refractivity contribution in [3.8, 4) is 0 Å². The van der Waals surface area contributed by atoms with E-state index >= 15 is 0 Å². The van der Waals surface area contributed by atoms with E-state index in [4.69, 9.17) is 11.6 Å². The third-order valence-electron chi connectivity index (χ3n) is 5.21. The molecule has 1 N–H and O–H groups in total. The summed E-state index contributed by atoms with van der Waals surface area (Å²) in [5, 5.41) is 2.91. The Labute approximate surface area is 192 Å². The molecule has 0 aliphatic rings. The van der Waals surface area contributed by atoms with Gasteiger partial charge >= 0.3 is 6.18 Å². The largest absolute Gasteiger partial charge is 0.432 e. The van der Waals surface area contributed by atoms with Gasteiger partial charge in [-0.05, 0) is 48.9 Å². The Bertz CT molecular complexity index is 1340. The normalized spacial score (nSPS) is 11.5. The molecule has 0 bridgehead atoms. The highest BCUT2D eigenvalue weighted by Gasteiger charge is 2.42. The number of carbonyl (C=O) groups is 2. The van der Waals surface area contributed by atoms with Crippen molar-refractivity contribution in [1.29, 1.82) is 0 Å². The summed E-state index contributed by atoms with van der Waals surface area (Å²) < 4.78 is 44.0. The molecule has 3 aromatic carbocycles. The topological polar surface area (TPSA) is 51.1 Å². The zero-order chi connectivity index (χ0) is 23.8. The number of Topliss-reactive ketones (excluding diaryl/α,β-unsaturated/α-hetero) is 1. The number of alkyl halides is 3. The summed E-state index contributed by atoms with van der Waals surface area (Å²) >= 11 is 5.90. The van der Waals surface area contributed by atoms with E-state index < -0.39 is 29.1 Å². The molecule has 4 nitrogen and oxygen atoms in total. The van der Waals surface area contributed by atoms with Crippen molar-refractivity contribution < 1.29 is 22.8 Å². The predicted molar refractivity (Wildman–Crippen MR) is 122 cm³/mol. The maximum Gasteiger partial charge on any atom is 0.432 e. The van der Waals surface area contributed by atoms with Gasteiger partial charge in [-0.1, -0.05) is 53.6 Å². The molecule has 33 heavy (non-hydrogen) atoms. The molecule has 0 fully saturated rings. The number of halogens is 4. The van der Waals surface area contributed by atoms with Crippen molar-refractivity contribution in [1.82, 2.24) is 4.57 Å². The monoisotopic (exact) mass is 470 g/mol. The molecule has 1 amide bonds. The van der Waals surface area contributed by atoms with Crippen LogP contribution in [0, 0.1) is 6.92 Å². The lowest BCUT2D eigenvalue weighted by Gasteiger charge is -2.15. The van der Waals surface area contributed by atoms with E-state index in [1.165, 1.54) is 12.1 Å². The van der Waals surface area contributed by atoms with Crippen LogP contribution in [0.1, 0.15) is 27.2 Å². The molecule has 0 saturated carbocycles. The van der Waals surface area contributed by atoms with Gasteiger partial charge in [-0.15, -0.1) is 0 Å². The molecule has 168 valence electrons. The van der Waals surface area contributed by atoms with Crippen LogP contribution < -0.4 is 5.32 Å². The van der Waals surface area contributed by atoms with E-state index in [1.807, 2.05) is 0 Å². The SMILES string of the molecule is Cc1ccc2c(c1)c(C(=O)C(=O)Nc1ccccc1)c(C(F)(F)F)n2Cc1ccc(Cl)cc1. The maximum absolute atomic E-state index is 14.3. The molecule has 1 heterocycles. The van der Waals surface area contributed by atoms with E-state index in [-0.39, 0.29) is 17.4 Å². The van der Waals surface area contributed by atoms with Crippen LogP contribution in [0.5, 0.6) is 0 Å². The number of hydrogen-bond acceptors (Lipinski definition) is 2. The quantitative estimate of drug-likeness (QED) is 0.267. The smallest absolute Gasteiger partial charge is 0.332 e. The van der Waals surface area contributed by atoms with Crippen LogP contribution in [0.15, 0.2) is 72.8 Å². The van der Waals surface area contributed by atoms with Crippen LogP contribution in [0.25, 0.3) is 10.9 Å². The minimum Gasteiger partial charge on any atom is -0.332 e. The van der Waals surface area contributed by atoms with E-state index in [9.17, 15) is 22.8 Å². The van der Waals surface area contributed by atoms with Crippen molar-refractivity contribution in [2.24, 2.45) is 0 Å². The van der Waals surface area contributed by atoms with Gasteiger partial charge in [0.25, 0.3) is 11.7 Å². The molecule has 0 spiro atoms. The van der Waals surface area contributed by atoms with Crippen molar-refractivity contribution in [3.05, 3.63) is 100 Å². The average Bonchev–Trinajstić information content (AvgIpc) is 3.09. The number of carbonyl (C=O) groups excluding carboxylic acids is 2. The van der Waals surface area contributed by atoms with Crippen LogP contribution in [-0.2, 0) is 17.5 Å². The summed E-state index contributed by atoms with van der Waals surface area (Å²) in [7, 11) is 0.